The number of hydrogen-bond acceptors (Lipinski definition) is 5. The summed E-state index contributed by atoms with van der Waals surface area (Å²) in [5.74, 6) is 1.61. The molecule has 1 aliphatic carbocycles. The van der Waals surface area contributed by atoms with Gasteiger partial charge in [0.25, 0.3) is 0 Å². The second kappa shape index (κ2) is 11.9. The Bertz CT molecular complexity index is 880. The predicted octanol–water partition coefficient (Wildman–Crippen LogP) is 4.38. The average Bonchev–Trinajstić information content (AvgIpc) is 3.27. The minimum atomic E-state index is 0.000000131. The molecule has 2 aromatic rings. The van der Waals surface area contributed by atoms with Crippen molar-refractivity contribution in [1.82, 2.24) is 9.80 Å². The molecule has 0 unspecified atom stereocenters. The van der Waals surface area contributed by atoms with Crippen LogP contribution in [0.3, 0.4) is 0 Å². The van der Waals surface area contributed by atoms with Gasteiger partial charge in [0, 0.05) is 23.9 Å². The zero-order valence-electron chi connectivity index (χ0n) is 19.3. The summed E-state index contributed by atoms with van der Waals surface area (Å²) >= 11 is 1.64. The molecule has 1 aromatic carbocycles. The van der Waals surface area contributed by atoms with Crippen LogP contribution in [-0.2, 0) is 22.6 Å². The third-order valence-electron chi connectivity index (χ3n) is 5.98. The molecule has 0 bridgehead atoms. The Morgan fingerprint density at radius 1 is 1.06 bits per heavy atom. The molecular formula is C25H34N2O4S. The van der Waals surface area contributed by atoms with Gasteiger partial charge in [0.15, 0.2) is 11.5 Å². The zero-order chi connectivity index (χ0) is 22.9. The molecular weight excluding hydrogens is 424 g/mol. The topological polar surface area (TPSA) is 59.1 Å². The van der Waals surface area contributed by atoms with Gasteiger partial charge in [-0.3, -0.25) is 9.59 Å². The Labute approximate surface area is 195 Å². The molecule has 3 rings (SSSR count). The molecule has 0 saturated heterocycles. The van der Waals surface area contributed by atoms with E-state index < -0.39 is 0 Å². The van der Waals surface area contributed by atoms with E-state index in [1.54, 1.807) is 30.5 Å². The van der Waals surface area contributed by atoms with E-state index in [0.717, 1.165) is 36.1 Å². The minimum Gasteiger partial charge on any atom is -0.493 e. The van der Waals surface area contributed by atoms with Gasteiger partial charge < -0.3 is 19.3 Å². The van der Waals surface area contributed by atoms with Crippen molar-refractivity contribution in [3.63, 3.8) is 0 Å². The second-order valence-corrected chi connectivity index (χ2v) is 9.25. The van der Waals surface area contributed by atoms with Gasteiger partial charge in [-0.05, 0) is 54.8 Å². The lowest BCUT2D eigenvalue weighted by Gasteiger charge is -2.33. The van der Waals surface area contributed by atoms with Gasteiger partial charge >= 0.3 is 0 Å². The fourth-order valence-corrected chi connectivity index (χ4v) is 4.62. The Balaban J connectivity index is 1.70. The number of nitrogens with zero attached hydrogens (tertiary/aromatic N) is 2. The Morgan fingerprint density at radius 2 is 1.84 bits per heavy atom. The molecule has 1 aliphatic rings. The molecule has 0 aliphatic heterocycles. The highest BCUT2D eigenvalue weighted by molar-refractivity contribution is 7.09. The van der Waals surface area contributed by atoms with Crippen molar-refractivity contribution < 1.29 is 19.1 Å². The lowest BCUT2D eigenvalue weighted by atomic mass is 9.84. The number of ether oxygens (including phenoxy) is 2. The van der Waals surface area contributed by atoms with Crippen molar-refractivity contribution in [3.8, 4) is 11.5 Å². The number of methoxy groups -OCH3 is 2. The minimum absolute atomic E-state index is 0.000000131. The van der Waals surface area contributed by atoms with Crippen molar-refractivity contribution in [2.75, 3.05) is 33.9 Å². The van der Waals surface area contributed by atoms with Crippen molar-refractivity contribution in [3.05, 3.63) is 46.2 Å². The van der Waals surface area contributed by atoms with Crippen LogP contribution in [0.15, 0.2) is 35.7 Å². The van der Waals surface area contributed by atoms with Crippen molar-refractivity contribution >= 4 is 23.2 Å². The molecule has 6 nitrogen and oxygen atoms in total. The summed E-state index contributed by atoms with van der Waals surface area (Å²) in [6.07, 6.45) is 4.56. The van der Waals surface area contributed by atoms with E-state index >= 15 is 0 Å². The average molecular weight is 459 g/mol. The van der Waals surface area contributed by atoms with E-state index in [-0.39, 0.29) is 24.3 Å². The van der Waals surface area contributed by atoms with E-state index in [1.807, 2.05) is 47.5 Å². The molecule has 7 heteroatoms. The zero-order valence-corrected chi connectivity index (χ0v) is 20.2. The summed E-state index contributed by atoms with van der Waals surface area (Å²) in [4.78, 5) is 30.9. The summed E-state index contributed by atoms with van der Waals surface area (Å²) in [6, 6.07) is 9.89. The number of hydrogen-bond donors (Lipinski definition) is 0. The highest BCUT2D eigenvalue weighted by Gasteiger charge is 2.31. The molecule has 0 spiro atoms. The van der Waals surface area contributed by atoms with Crippen LogP contribution in [0.5, 0.6) is 11.5 Å². The number of thiophene rings is 1. The van der Waals surface area contributed by atoms with Gasteiger partial charge in [0.1, 0.15) is 0 Å². The maximum Gasteiger partial charge on any atom is 0.242 e. The lowest BCUT2D eigenvalue weighted by Crippen LogP contribution is -2.46. The molecule has 0 radical (unpaired) electrons. The monoisotopic (exact) mass is 458 g/mol. The molecule has 0 N–H and O–H groups in total. The van der Waals surface area contributed by atoms with Gasteiger partial charge in [-0.15, -0.1) is 11.3 Å². The summed E-state index contributed by atoms with van der Waals surface area (Å²) in [7, 11) is 3.24. The first-order valence-corrected chi connectivity index (χ1v) is 12.2. The SMILES string of the molecule is CCCN(CC(=O)N(CCc1ccc(OC)c(OC)c1)Cc1cccs1)C(=O)C1CCC1. The summed E-state index contributed by atoms with van der Waals surface area (Å²) in [6.45, 7) is 3.96. The number of carbonyl (C=O) groups is 2. The van der Waals surface area contributed by atoms with Crippen LogP contribution in [-0.4, -0.2) is 55.5 Å². The molecule has 1 aromatic heterocycles. The van der Waals surface area contributed by atoms with Crippen LogP contribution in [0.1, 0.15) is 43.0 Å². The fraction of sp³-hybridized carbons (Fsp3) is 0.520. The van der Waals surface area contributed by atoms with Crippen LogP contribution >= 0.6 is 11.3 Å². The second-order valence-electron chi connectivity index (χ2n) is 8.22. The first kappa shape index (κ1) is 24.1. The molecule has 32 heavy (non-hydrogen) atoms. The predicted molar refractivity (Wildman–Crippen MR) is 127 cm³/mol. The van der Waals surface area contributed by atoms with Gasteiger partial charge in [-0.2, -0.15) is 0 Å². The van der Waals surface area contributed by atoms with E-state index in [2.05, 4.69) is 0 Å². The molecule has 1 fully saturated rings. The van der Waals surface area contributed by atoms with E-state index in [4.69, 9.17) is 9.47 Å². The highest BCUT2D eigenvalue weighted by atomic mass is 32.1. The summed E-state index contributed by atoms with van der Waals surface area (Å²) in [5, 5.41) is 2.02. The maximum atomic E-state index is 13.3. The molecule has 0 atom stereocenters. The number of benzene rings is 1. The first-order chi connectivity index (χ1) is 15.5. The van der Waals surface area contributed by atoms with Crippen LogP contribution in [0, 0.1) is 5.92 Å². The van der Waals surface area contributed by atoms with Gasteiger partial charge in [0.2, 0.25) is 11.8 Å². The van der Waals surface area contributed by atoms with E-state index in [1.165, 1.54) is 0 Å². The van der Waals surface area contributed by atoms with Gasteiger partial charge in [0.05, 0.1) is 27.3 Å². The third-order valence-corrected chi connectivity index (χ3v) is 6.84. The van der Waals surface area contributed by atoms with Crippen LogP contribution in [0.25, 0.3) is 0 Å². The van der Waals surface area contributed by atoms with Gasteiger partial charge in [-0.25, -0.2) is 0 Å². The van der Waals surface area contributed by atoms with E-state index in [0.29, 0.717) is 37.6 Å². The molecule has 1 heterocycles. The van der Waals surface area contributed by atoms with Crippen LogP contribution < -0.4 is 9.47 Å². The van der Waals surface area contributed by atoms with Crippen LogP contribution in [0.2, 0.25) is 0 Å². The Kier molecular flexibility index (Phi) is 8.97. The number of amides is 2. The normalized spacial score (nSPS) is 13.3. The quantitative estimate of drug-likeness (QED) is 0.474. The Morgan fingerprint density at radius 3 is 2.44 bits per heavy atom. The maximum absolute atomic E-state index is 13.3. The standard InChI is InChI=1S/C25H34N2O4S/c1-4-13-27(25(29)20-7-5-8-20)18-24(28)26(17-21-9-6-15-32-21)14-12-19-10-11-22(30-2)23(16-19)31-3/h6,9-11,15-16,20H,4-5,7-8,12-14,17-18H2,1-3H3. The Hall–Kier alpha value is -2.54. The summed E-state index contributed by atoms with van der Waals surface area (Å²) < 4.78 is 10.7. The highest BCUT2D eigenvalue weighted by Crippen LogP contribution is 2.29. The fourth-order valence-electron chi connectivity index (χ4n) is 3.90. The van der Waals surface area contributed by atoms with E-state index in [9.17, 15) is 9.59 Å². The summed E-state index contributed by atoms with van der Waals surface area (Å²) in [5.41, 5.74) is 1.07. The molecule has 174 valence electrons. The third kappa shape index (κ3) is 6.25. The molecule has 1 saturated carbocycles. The van der Waals surface area contributed by atoms with Crippen LogP contribution in [0.4, 0.5) is 0 Å². The number of carbonyl (C=O) groups excluding carboxylic acids is 2. The number of rotatable bonds is 12. The van der Waals surface area contributed by atoms with Crippen molar-refractivity contribution in [1.29, 1.82) is 0 Å². The largest absolute Gasteiger partial charge is 0.493 e. The lowest BCUT2D eigenvalue weighted by molar-refractivity contribution is -0.145. The van der Waals surface area contributed by atoms with Crippen molar-refractivity contribution in [2.45, 2.75) is 45.6 Å². The van der Waals surface area contributed by atoms with Gasteiger partial charge in [-0.1, -0.05) is 25.5 Å². The smallest absolute Gasteiger partial charge is 0.242 e. The molecule has 2 amide bonds. The first-order valence-electron chi connectivity index (χ1n) is 11.4. The van der Waals surface area contributed by atoms with Crippen molar-refractivity contribution in [2.24, 2.45) is 5.92 Å².